The van der Waals surface area contributed by atoms with Gasteiger partial charge in [0, 0.05) is 19.6 Å². The summed E-state index contributed by atoms with van der Waals surface area (Å²) in [5.41, 5.74) is 0. The lowest BCUT2D eigenvalue weighted by Crippen LogP contribution is -2.46. The zero-order valence-electron chi connectivity index (χ0n) is 13.7. The zero-order chi connectivity index (χ0) is 16.8. The molecule has 7 nitrogen and oxygen atoms in total. The van der Waals surface area contributed by atoms with Crippen LogP contribution in [-0.4, -0.2) is 80.8 Å². The van der Waals surface area contributed by atoms with Crippen LogP contribution in [0.4, 0.5) is 0 Å². The van der Waals surface area contributed by atoms with Crippen molar-refractivity contribution in [3.63, 3.8) is 0 Å². The van der Waals surface area contributed by atoms with E-state index >= 15 is 0 Å². The Kier molecular flexibility index (Phi) is 7.28. The Bertz CT molecular complexity index is 488. The smallest absolute Gasteiger partial charge is 0.311 e. The molecule has 0 aliphatic carbocycles. The van der Waals surface area contributed by atoms with Gasteiger partial charge < -0.3 is 15.1 Å². The molecule has 1 heterocycles. The molecule has 1 aliphatic heterocycles. The summed E-state index contributed by atoms with van der Waals surface area (Å²) in [7, 11) is -1.58. The number of nitrogens with one attached hydrogen (secondary N) is 1. The fourth-order valence-electron chi connectivity index (χ4n) is 2.53. The summed E-state index contributed by atoms with van der Waals surface area (Å²) in [5.74, 6) is -1.29. The number of carbonyl (C=O) groups excluding carboxylic acids is 2. The van der Waals surface area contributed by atoms with Crippen molar-refractivity contribution in [2.75, 3.05) is 44.7 Å². The molecule has 1 rings (SSSR count). The van der Waals surface area contributed by atoms with E-state index in [1.807, 2.05) is 0 Å². The van der Waals surface area contributed by atoms with Crippen molar-refractivity contribution in [1.82, 2.24) is 15.1 Å². The molecular formula is C14H27N3O4S. The van der Waals surface area contributed by atoms with E-state index < -0.39 is 21.7 Å². The van der Waals surface area contributed by atoms with Crippen molar-refractivity contribution in [2.45, 2.75) is 32.7 Å². The molecule has 0 radical (unpaired) electrons. The highest BCUT2D eigenvalue weighted by molar-refractivity contribution is 7.91. The molecule has 0 aromatic rings. The first-order valence-corrected chi connectivity index (χ1v) is 9.60. The third kappa shape index (κ3) is 5.57. The molecule has 1 fully saturated rings. The Morgan fingerprint density at radius 2 is 1.86 bits per heavy atom. The molecule has 2 amide bonds. The lowest BCUT2D eigenvalue weighted by molar-refractivity contribution is -0.146. The van der Waals surface area contributed by atoms with Gasteiger partial charge in [0.2, 0.25) is 0 Å². The predicted octanol–water partition coefficient (Wildman–Crippen LogP) is -0.520. The van der Waals surface area contributed by atoms with Crippen molar-refractivity contribution in [1.29, 1.82) is 0 Å². The van der Waals surface area contributed by atoms with Gasteiger partial charge >= 0.3 is 11.8 Å². The molecule has 1 unspecified atom stereocenters. The van der Waals surface area contributed by atoms with Crippen LogP contribution < -0.4 is 5.32 Å². The summed E-state index contributed by atoms with van der Waals surface area (Å²) < 4.78 is 22.9. The molecule has 1 atom stereocenters. The lowest BCUT2D eigenvalue weighted by atomic mass is 10.2. The van der Waals surface area contributed by atoms with E-state index in [2.05, 4.69) is 24.1 Å². The minimum atomic E-state index is -3.07. The summed E-state index contributed by atoms with van der Waals surface area (Å²) in [6, 6.07) is -0.390. The van der Waals surface area contributed by atoms with Gasteiger partial charge in [-0.15, -0.1) is 0 Å². The Hall–Kier alpha value is -1.15. The van der Waals surface area contributed by atoms with Crippen LogP contribution in [0.3, 0.4) is 0 Å². The van der Waals surface area contributed by atoms with Crippen molar-refractivity contribution >= 4 is 21.7 Å². The SMILES string of the molecule is CCN(CC)CCCNC(=O)C(=O)N(C)C1CCS(=O)(=O)C1. The van der Waals surface area contributed by atoms with E-state index in [0.29, 0.717) is 13.0 Å². The summed E-state index contributed by atoms with van der Waals surface area (Å²) in [6.07, 6.45) is 1.18. The largest absolute Gasteiger partial charge is 0.348 e. The quantitative estimate of drug-likeness (QED) is 0.500. The average molecular weight is 333 g/mol. The molecule has 0 aromatic heterocycles. The van der Waals surface area contributed by atoms with Gasteiger partial charge in [0.25, 0.3) is 0 Å². The van der Waals surface area contributed by atoms with Gasteiger partial charge in [-0.2, -0.15) is 0 Å². The van der Waals surface area contributed by atoms with Crippen molar-refractivity contribution < 1.29 is 18.0 Å². The van der Waals surface area contributed by atoms with E-state index in [9.17, 15) is 18.0 Å². The summed E-state index contributed by atoms with van der Waals surface area (Å²) in [6.45, 7) is 7.40. The molecule has 1 saturated heterocycles. The van der Waals surface area contributed by atoms with Crippen LogP contribution in [0, 0.1) is 0 Å². The minimum absolute atomic E-state index is 0.0511. The first-order valence-electron chi connectivity index (χ1n) is 7.78. The molecule has 0 spiro atoms. The second-order valence-electron chi connectivity index (χ2n) is 5.61. The Labute approximate surface area is 132 Å². The van der Waals surface area contributed by atoms with Crippen molar-refractivity contribution in [3.8, 4) is 0 Å². The maximum Gasteiger partial charge on any atom is 0.311 e. The standard InChI is InChI=1S/C14H27N3O4S/c1-4-17(5-2)9-6-8-15-13(18)14(19)16(3)12-7-10-22(20,21)11-12/h12H,4-11H2,1-3H3,(H,15,18). The normalized spacial score (nSPS) is 20.1. The highest BCUT2D eigenvalue weighted by Crippen LogP contribution is 2.16. The fourth-order valence-corrected chi connectivity index (χ4v) is 4.30. The van der Waals surface area contributed by atoms with Crippen LogP contribution in [0.15, 0.2) is 0 Å². The molecule has 0 bridgehead atoms. The number of likely N-dealkylation sites (N-methyl/N-ethyl adjacent to an activating group) is 1. The number of rotatable bonds is 7. The van der Waals surface area contributed by atoms with Crippen LogP contribution in [0.1, 0.15) is 26.7 Å². The minimum Gasteiger partial charge on any atom is -0.348 e. The number of carbonyl (C=O) groups is 2. The lowest BCUT2D eigenvalue weighted by Gasteiger charge is -2.22. The van der Waals surface area contributed by atoms with Gasteiger partial charge in [0.15, 0.2) is 9.84 Å². The highest BCUT2D eigenvalue weighted by atomic mass is 32.2. The Morgan fingerprint density at radius 3 is 2.36 bits per heavy atom. The van der Waals surface area contributed by atoms with Gasteiger partial charge in [0.05, 0.1) is 11.5 Å². The highest BCUT2D eigenvalue weighted by Gasteiger charge is 2.34. The maximum absolute atomic E-state index is 12.0. The van der Waals surface area contributed by atoms with Crippen LogP contribution in [0.5, 0.6) is 0 Å². The van der Waals surface area contributed by atoms with Gasteiger partial charge in [-0.3, -0.25) is 9.59 Å². The number of amides is 2. The number of sulfone groups is 1. The van der Waals surface area contributed by atoms with Crippen molar-refractivity contribution in [3.05, 3.63) is 0 Å². The molecule has 1 aliphatic rings. The first kappa shape index (κ1) is 18.9. The average Bonchev–Trinajstić information content (AvgIpc) is 2.85. The number of hydrogen-bond donors (Lipinski definition) is 1. The van der Waals surface area contributed by atoms with Crippen LogP contribution in [0.2, 0.25) is 0 Å². The number of nitrogens with zero attached hydrogens (tertiary/aromatic N) is 2. The fraction of sp³-hybridized carbons (Fsp3) is 0.857. The van der Waals surface area contributed by atoms with Crippen LogP contribution >= 0.6 is 0 Å². The third-order valence-electron chi connectivity index (χ3n) is 4.10. The van der Waals surface area contributed by atoms with E-state index in [-0.39, 0.29) is 17.5 Å². The summed E-state index contributed by atoms with van der Waals surface area (Å²) in [4.78, 5) is 27.3. The van der Waals surface area contributed by atoms with Crippen LogP contribution in [0.25, 0.3) is 0 Å². The van der Waals surface area contributed by atoms with Gasteiger partial charge in [-0.05, 0) is 32.5 Å². The second kappa shape index (κ2) is 8.47. The van der Waals surface area contributed by atoms with E-state index in [1.54, 1.807) is 0 Å². The molecule has 128 valence electrons. The molecule has 1 N–H and O–H groups in total. The van der Waals surface area contributed by atoms with E-state index in [0.717, 1.165) is 26.1 Å². The zero-order valence-corrected chi connectivity index (χ0v) is 14.5. The van der Waals surface area contributed by atoms with Crippen LogP contribution in [-0.2, 0) is 19.4 Å². The molecule has 8 heteroatoms. The Morgan fingerprint density at radius 1 is 1.23 bits per heavy atom. The molecule has 0 aromatic carbocycles. The Balaban J connectivity index is 2.34. The molecular weight excluding hydrogens is 306 g/mol. The monoisotopic (exact) mass is 333 g/mol. The second-order valence-corrected chi connectivity index (χ2v) is 7.84. The molecule has 0 saturated carbocycles. The van der Waals surface area contributed by atoms with E-state index in [4.69, 9.17) is 0 Å². The van der Waals surface area contributed by atoms with Gasteiger partial charge in [0.1, 0.15) is 0 Å². The van der Waals surface area contributed by atoms with E-state index in [1.165, 1.54) is 11.9 Å². The maximum atomic E-state index is 12.0. The first-order chi connectivity index (χ1) is 10.3. The summed E-state index contributed by atoms with van der Waals surface area (Å²) >= 11 is 0. The topological polar surface area (TPSA) is 86.8 Å². The van der Waals surface area contributed by atoms with Crippen molar-refractivity contribution in [2.24, 2.45) is 0 Å². The number of hydrogen-bond acceptors (Lipinski definition) is 5. The van der Waals surface area contributed by atoms with Gasteiger partial charge in [-0.25, -0.2) is 8.42 Å². The third-order valence-corrected chi connectivity index (χ3v) is 5.85. The molecule has 22 heavy (non-hydrogen) atoms. The summed E-state index contributed by atoms with van der Waals surface area (Å²) in [5, 5.41) is 2.60. The van der Waals surface area contributed by atoms with Gasteiger partial charge in [-0.1, -0.05) is 13.8 Å². The predicted molar refractivity (Wildman–Crippen MR) is 85.2 cm³/mol.